The lowest BCUT2D eigenvalue weighted by Crippen LogP contribution is -2.21. The molecule has 0 bridgehead atoms. The number of carbonyl (C=O) groups is 1. The fraction of sp³-hybridized carbons (Fsp3) is 0.444. The Bertz CT molecular complexity index is 677. The highest BCUT2D eigenvalue weighted by atomic mass is 16.3. The average molecular weight is 330 g/mol. The standard InChI is InChI=1S/C18H26N4O2/c1-5-22-17(12-16(20-22)13(2)3)18(24)19-14-6-8-15(9-7-14)21(4)10-11-23/h6-9,12-13,23H,5,10-11H2,1-4H3,(H,19,24). The van der Waals surface area contributed by atoms with Crippen LogP contribution in [0.25, 0.3) is 0 Å². The summed E-state index contributed by atoms with van der Waals surface area (Å²) < 4.78 is 1.73. The molecule has 0 aliphatic rings. The highest BCUT2D eigenvalue weighted by Crippen LogP contribution is 2.19. The van der Waals surface area contributed by atoms with E-state index in [2.05, 4.69) is 24.3 Å². The Morgan fingerprint density at radius 1 is 1.33 bits per heavy atom. The summed E-state index contributed by atoms with van der Waals surface area (Å²) in [6.07, 6.45) is 0. The van der Waals surface area contributed by atoms with Crippen LogP contribution in [0.5, 0.6) is 0 Å². The third-order valence-corrected chi connectivity index (χ3v) is 3.92. The van der Waals surface area contributed by atoms with Gasteiger partial charge in [-0.3, -0.25) is 9.48 Å². The quantitative estimate of drug-likeness (QED) is 0.819. The van der Waals surface area contributed by atoms with Gasteiger partial charge in [-0.25, -0.2) is 0 Å². The molecular formula is C18H26N4O2. The van der Waals surface area contributed by atoms with E-state index in [1.54, 1.807) is 4.68 Å². The van der Waals surface area contributed by atoms with Crippen LogP contribution in [0.15, 0.2) is 30.3 Å². The number of aliphatic hydroxyl groups excluding tert-OH is 1. The van der Waals surface area contributed by atoms with Crippen LogP contribution in [-0.4, -0.2) is 41.0 Å². The first-order valence-corrected chi connectivity index (χ1v) is 8.27. The number of carbonyl (C=O) groups excluding carboxylic acids is 1. The van der Waals surface area contributed by atoms with Gasteiger partial charge in [0.25, 0.3) is 5.91 Å². The van der Waals surface area contributed by atoms with Crippen molar-refractivity contribution in [2.24, 2.45) is 0 Å². The number of nitrogens with one attached hydrogen (secondary N) is 1. The smallest absolute Gasteiger partial charge is 0.273 e. The first-order chi connectivity index (χ1) is 11.5. The molecule has 1 aromatic carbocycles. The molecule has 0 unspecified atom stereocenters. The Morgan fingerprint density at radius 3 is 2.54 bits per heavy atom. The van der Waals surface area contributed by atoms with E-state index in [1.807, 2.05) is 49.2 Å². The van der Waals surface area contributed by atoms with Crippen molar-refractivity contribution in [1.29, 1.82) is 0 Å². The zero-order chi connectivity index (χ0) is 17.7. The van der Waals surface area contributed by atoms with Gasteiger partial charge in [-0.05, 0) is 43.2 Å². The number of hydrogen-bond donors (Lipinski definition) is 2. The van der Waals surface area contributed by atoms with Crippen LogP contribution < -0.4 is 10.2 Å². The Balaban J connectivity index is 2.12. The number of aliphatic hydroxyl groups is 1. The molecule has 1 heterocycles. The number of amides is 1. The minimum absolute atomic E-state index is 0.105. The molecule has 1 aromatic heterocycles. The van der Waals surface area contributed by atoms with Crippen molar-refractivity contribution in [2.45, 2.75) is 33.2 Å². The van der Waals surface area contributed by atoms with Crippen molar-refractivity contribution in [2.75, 3.05) is 30.4 Å². The first kappa shape index (κ1) is 18.0. The fourth-order valence-electron chi connectivity index (χ4n) is 2.42. The van der Waals surface area contributed by atoms with Gasteiger partial charge in [0.05, 0.1) is 12.3 Å². The normalized spacial score (nSPS) is 10.9. The molecule has 130 valence electrons. The Labute approximate surface area is 143 Å². The number of nitrogens with zero attached hydrogens (tertiary/aromatic N) is 3. The Kier molecular flexibility index (Phi) is 5.98. The molecular weight excluding hydrogens is 304 g/mol. The monoisotopic (exact) mass is 330 g/mol. The van der Waals surface area contributed by atoms with Gasteiger partial charge in [0.2, 0.25) is 0 Å². The highest BCUT2D eigenvalue weighted by molar-refractivity contribution is 6.03. The molecule has 2 aromatic rings. The van der Waals surface area contributed by atoms with Gasteiger partial charge in [-0.15, -0.1) is 0 Å². The second kappa shape index (κ2) is 7.97. The molecule has 0 atom stereocenters. The van der Waals surface area contributed by atoms with Crippen LogP contribution in [0.1, 0.15) is 42.9 Å². The van der Waals surface area contributed by atoms with Gasteiger partial charge in [-0.2, -0.15) is 5.10 Å². The van der Waals surface area contributed by atoms with Crippen LogP contribution in [0.4, 0.5) is 11.4 Å². The predicted octanol–water partition coefficient (Wildman–Crippen LogP) is 2.71. The third kappa shape index (κ3) is 4.14. The molecule has 0 fully saturated rings. The van der Waals surface area contributed by atoms with E-state index >= 15 is 0 Å². The molecule has 0 saturated heterocycles. The van der Waals surface area contributed by atoms with Crippen molar-refractivity contribution in [3.63, 3.8) is 0 Å². The van der Waals surface area contributed by atoms with Gasteiger partial charge < -0.3 is 15.3 Å². The zero-order valence-corrected chi connectivity index (χ0v) is 14.8. The van der Waals surface area contributed by atoms with Gasteiger partial charge in [0, 0.05) is 31.5 Å². The SMILES string of the molecule is CCn1nc(C(C)C)cc1C(=O)Nc1ccc(N(C)CCO)cc1. The van der Waals surface area contributed by atoms with Crippen LogP contribution in [0.2, 0.25) is 0 Å². The highest BCUT2D eigenvalue weighted by Gasteiger charge is 2.16. The summed E-state index contributed by atoms with van der Waals surface area (Å²) in [6, 6.07) is 9.41. The topological polar surface area (TPSA) is 70.4 Å². The molecule has 0 aliphatic heterocycles. The Morgan fingerprint density at radius 2 is 2.00 bits per heavy atom. The maximum atomic E-state index is 12.5. The molecule has 24 heavy (non-hydrogen) atoms. The van der Waals surface area contributed by atoms with Gasteiger partial charge >= 0.3 is 0 Å². The summed E-state index contributed by atoms with van der Waals surface area (Å²) >= 11 is 0. The molecule has 0 radical (unpaired) electrons. The van der Waals surface area contributed by atoms with Crippen LogP contribution in [-0.2, 0) is 6.54 Å². The zero-order valence-electron chi connectivity index (χ0n) is 14.8. The molecule has 0 spiro atoms. The summed E-state index contributed by atoms with van der Waals surface area (Å²) in [5.74, 6) is 0.124. The number of rotatable bonds is 7. The van der Waals surface area contributed by atoms with Crippen LogP contribution in [0.3, 0.4) is 0 Å². The molecule has 6 nitrogen and oxygen atoms in total. The maximum Gasteiger partial charge on any atom is 0.273 e. The van der Waals surface area contributed by atoms with Crippen molar-refractivity contribution in [3.05, 3.63) is 41.7 Å². The second-order valence-electron chi connectivity index (χ2n) is 6.07. The fourth-order valence-corrected chi connectivity index (χ4v) is 2.42. The lowest BCUT2D eigenvalue weighted by Gasteiger charge is -2.18. The molecule has 1 amide bonds. The first-order valence-electron chi connectivity index (χ1n) is 8.27. The van der Waals surface area contributed by atoms with E-state index in [-0.39, 0.29) is 18.4 Å². The second-order valence-corrected chi connectivity index (χ2v) is 6.07. The number of aryl methyl sites for hydroxylation is 1. The number of hydrogen-bond acceptors (Lipinski definition) is 4. The largest absolute Gasteiger partial charge is 0.395 e. The van der Waals surface area contributed by atoms with Crippen molar-refractivity contribution < 1.29 is 9.90 Å². The van der Waals surface area contributed by atoms with Crippen LogP contribution in [0, 0.1) is 0 Å². The Hall–Kier alpha value is -2.34. The molecule has 2 rings (SSSR count). The molecule has 0 aliphatic carbocycles. The van der Waals surface area contributed by atoms with E-state index in [4.69, 9.17) is 5.11 Å². The lowest BCUT2D eigenvalue weighted by atomic mass is 10.1. The van der Waals surface area contributed by atoms with Gasteiger partial charge in [0.15, 0.2) is 0 Å². The van der Waals surface area contributed by atoms with Crippen molar-refractivity contribution in [1.82, 2.24) is 9.78 Å². The van der Waals surface area contributed by atoms with E-state index in [0.29, 0.717) is 18.8 Å². The molecule has 0 saturated carbocycles. The van der Waals surface area contributed by atoms with Crippen LogP contribution >= 0.6 is 0 Å². The predicted molar refractivity (Wildman–Crippen MR) is 96.7 cm³/mol. The summed E-state index contributed by atoms with van der Waals surface area (Å²) in [6.45, 7) is 7.42. The van der Waals surface area contributed by atoms with E-state index in [9.17, 15) is 4.79 Å². The lowest BCUT2D eigenvalue weighted by molar-refractivity contribution is 0.101. The summed E-state index contributed by atoms with van der Waals surface area (Å²) in [5.41, 5.74) is 3.21. The van der Waals surface area contributed by atoms with E-state index in [1.165, 1.54) is 0 Å². The number of likely N-dealkylation sites (N-methyl/N-ethyl adjacent to an activating group) is 1. The number of benzene rings is 1. The van der Waals surface area contributed by atoms with Gasteiger partial charge in [-0.1, -0.05) is 13.8 Å². The van der Waals surface area contributed by atoms with Crippen molar-refractivity contribution >= 4 is 17.3 Å². The maximum absolute atomic E-state index is 12.5. The molecule has 6 heteroatoms. The van der Waals surface area contributed by atoms with Crippen molar-refractivity contribution in [3.8, 4) is 0 Å². The average Bonchev–Trinajstić information content (AvgIpc) is 3.00. The van der Waals surface area contributed by atoms with Gasteiger partial charge in [0.1, 0.15) is 5.69 Å². The summed E-state index contributed by atoms with van der Waals surface area (Å²) in [5, 5.41) is 16.4. The number of aromatic nitrogens is 2. The van der Waals surface area contributed by atoms with E-state index < -0.39 is 0 Å². The minimum Gasteiger partial charge on any atom is -0.395 e. The van der Waals surface area contributed by atoms with E-state index in [0.717, 1.165) is 17.1 Å². The number of anilines is 2. The third-order valence-electron chi connectivity index (χ3n) is 3.92. The summed E-state index contributed by atoms with van der Waals surface area (Å²) in [4.78, 5) is 14.5. The molecule has 2 N–H and O–H groups in total. The summed E-state index contributed by atoms with van der Waals surface area (Å²) in [7, 11) is 1.91. The minimum atomic E-state index is -0.160.